The number of aromatic nitrogens is 1. The molecule has 1 N–H and O–H groups in total. The minimum Gasteiger partial charge on any atom is -0.375 e. The van der Waals surface area contributed by atoms with Crippen molar-refractivity contribution in [3.63, 3.8) is 0 Å². The van der Waals surface area contributed by atoms with Crippen LogP contribution in [-0.2, 0) is 17.8 Å². The van der Waals surface area contributed by atoms with Crippen LogP contribution in [0.3, 0.4) is 0 Å². The van der Waals surface area contributed by atoms with Crippen molar-refractivity contribution < 1.29 is 4.74 Å². The van der Waals surface area contributed by atoms with E-state index in [1.165, 1.54) is 16.9 Å². The lowest BCUT2D eigenvalue weighted by Crippen LogP contribution is -2.18. The van der Waals surface area contributed by atoms with E-state index in [-0.39, 0.29) is 5.56 Å². The van der Waals surface area contributed by atoms with E-state index in [0.29, 0.717) is 6.61 Å². The minimum atomic E-state index is 0.0132. The molecule has 0 fully saturated rings. The van der Waals surface area contributed by atoms with Crippen LogP contribution < -0.4 is 5.56 Å². The van der Waals surface area contributed by atoms with Gasteiger partial charge in [0.25, 0.3) is 5.56 Å². The lowest BCUT2D eigenvalue weighted by molar-refractivity contribution is 0.108. The van der Waals surface area contributed by atoms with Gasteiger partial charge in [0.2, 0.25) is 0 Å². The summed E-state index contributed by atoms with van der Waals surface area (Å²) in [5.41, 5.74) is 2.22. The van der Waals surface area contributed by atoms with Crippen molar-refractivity contribution in [1.29, 1.82) is 0 Å². The molecule has 3 heterocycles. The summed E-state index contributed by atoms with van der Waals surface area (Å²) in [5.74, 6) is 0. The number of H-pyrrole nitrogens is 1. The monoisotopic (exact) mass is 207 g/mol. The van der Waals surface area contributed by atoms with Gasteiger partial charge in [-0.25, -0.2) is 0 Å². The highest BCUT2D eigenvalue weighted by molar-refractivity contribution is 7.17. The molecule has 0 aliphatic carbocycles. The van der Waals surface area contributed by atoms with Crippen LogP contribution in [0.2, 0.25) is 0 Å². The Morgan fingerprint density at radius 3 is 3.36 bits per heavy atom. The van der Waals surface area contributed by atoms with Crippen molar-refractivity contribution in [2.75, 3.05) is 6.61 Å². The molecule has 0 atom stereocenters. The fourth-order valence-corrected chi connectivity index (χ4v) is 2.73. The van der Waals surface area contributed by atoms with Gasteiger partial charge in [-0.2, -0.15) is 0 Å². The Balaban J connectivity index is 2.44. The van der Waals surface area contributed by atoms with Crippen LogP contribution in [0, 0.1) is 0 Å². The number of hydrogen-bond donors (Lipinski definition) is 1. The van der Waals surface area contributed by atoms with Crippen LogP contribution in [0.15, 0.2) is 16.2 Å². The molecule has 3 rings (SSSR count). The SMILES string of the molecule is O=c1[nH]c2c(c3ccsc13)CCOC2. The minimum absolute atomic E-state index is 0.0132. The van der Waals surface area contributed by atoms with Crippen LogP contribution >= 0.6 is 11.3 Å². The van der Waals surface area contributed by atoms with Crippen molar-refractivity contribution >= 4 is 21.4 Å². The van der Waals surface area contributed by atoms with Gasteiger partial charge in [0.1, 0.15) is 0 Å². The summed E-state index contributed by atoms with van der Waals surface area (Å²) in [5, 5.41) is 3.08. The Kier molecular flexibility index (Phi) is 1.72. The molecule has 1 aliphatic rings. The summed E-state index contributed by atoms with van der Waals surface area (Å²) < 4.78 is 6.15. The van der Waals surface area contributed by atoms with Crippen molar-refractivity contribution in [2.45, 2.75) is 13.0 Å². The van der Waals surface area contributed by atoms with Crippen molar-refractivity contribution in [3.8, 4) is 0 Å². The number of thiophene rings is 1. The van der Waals surface area contributed by atoms with E-state index in [9.17, 15) is 4.79 Å². The molecule has 0 spiro atoms. The highest BCUT2D eigenvalue weighted by atomic mass is 32.1. The second-order valence-corrected chi connectivity index (χ2v) is 4.29. The molecule has 2 aromatic heterocycles. The third-order valence-electron chi connectivity index (χ3n) is 2.57. The lowest BCUT2D eigenvalue weighted by Gasteiger charge is -2.16. The van der Waals surface area contributed by atoms with Crippen LogP contribution in [0.25, 0.3) is 10.1 Å². The zero-order valence-electron chi connectivity index (χ0n) is 7.50. The van der Waals surface area contributed by atoms with Crippen molar-refractivity contribution in [3.05, 3.63) is 33.1 Å². The number of fused-ring (bicyclic) bond motifs is 3. The Hall–Kier alpha value is -1.13. The molecule has 1 aliphatic heterocycles. The molecule has 0 bridgehead atoms. The van der Waals surface area contributed by atoms with E-state index < -0.39 is 0 Å². The third-order valence-corrected chi connectivity index (χ3v) is 3.48. The molecule has 0 radical (unpaired) electrons. The van der Waals surface area contributed by atoms with Gasteiger partial charge in [-0.05, 0) is 23.4 Å². The van der Waals surface area contributed by atoms with Gasteiger partial charge in [0, 0.05) is 11.1 Å². The van der Waals surface area contributed by atoms with E-state index >= 15 is 0 Å². The third kappa shape index (κ3) is 1.04. The molecular weight excluding hydrogens is 198 g/mol. The van der Waals surface area contributed by atoms with Gasteiger partial charge >= 0.3 is 0 Å². The van der Waals surface area contributed by atoms with E-state index in [2.05, 4.69) is 4.98 Å². The molecule has 0 saturated carbocycles. The van der Waals surface area contributed by atoms with Crippen LogP contribution in [0.4, 0.5) is 0 Å². The van der Waals surface area contributed by atoms with Crippen LogP contribution in [-0.4, -0.2) is 11.6 Å². The largest absolute Gasteiger partial charge is 0.375 e. The normalized spacial score (nSPS) is 15.7. The van der Waals surface area contributed by atoms with Crippen LogP contribution in [0.1, 0.15) is 11.3 Å². The van der Waals surface area contributed by atoms with E-state index in [4.69, 9.17) is 4.74 Å². The molecule has 72 valence electrons. The molecule has 0 aromatic carbocycles. The van der Waals surface area contributed by atoms with Crippen molar-refractivity contribution in [1.82, 2.24) is 4.98 Å². The quantitative estimate of drug-likeness (QED) is 0.714. The maximum Gasteiger partial charge on any atom is 0.266 e. The first-order valence-electron chi connectivity index (χ1n) is 4.55. The topological polar surface area (TPSA) is 42.1 Å². The average Bonchev–Trinajstić information content (AvgIpc) is 2.67. The van der Waals surface area contributed by atoms with E-state index in [1.54, 1.807) is 0 Å². The molecule has 2 aromatic rings. The Bertz CT molecular complexity index is 541. The zero-order chi connectivity index (χ0) is 9.54. The highest BCUT2D eigenvalue weighted by Crippen LogP contribution is 2.25. The predicted octanol–water partition coefficient (Wildman–Crippen LogP) is 1.66. The summed E-state index contributed by atoms with van der Waals surface area (Å²) in [6.45, 7) is 1.29. The number of pyridine rings is 1. The lowest BCUT2D eigenvalue weighted by atomic mass is 10.1. The Morgan fingerprint density at radius 1 is 1.50 bits per heavy atom. The standard InChI is InChI=1S/C10H9NO2S/c12-10-9-7(2-4-14-9)6-1-3-13-5-8(6)11-10/h2,4H,1,3,5H2,(H,11,12). The molecule has 3 nitrogen and oxygen atoms in total. The van der Waals surface area contributed by atoms with Crippen LogP contribution in [0.5, 0.6) is 0 Å². The van der Waals surface area contributed by atoms with Gasteiger partial charge in [0.15, 0.2) is 0 Å². The van der Waals surface area contributed by atoms with Gasteiger partial charge in [0.05, 0.1) is 17.9 Å². The van der Waals surface area contributed by atoms with E-state index in [1.807, 2.05) is 11.4 Å². The first-order valence-corrected chi connectivity index (χ1v) is 5.43. The second kappa shape index (κ2) is 2.93. The smallest absolute Gasteiger partial charge is 0.266 e. The first kappa shape index (κ1) is 8.20. The maximum absolute atomic E-state index is 11.6. The van der Waals surface area contributed by atoms with E-state index in [0.717, 1.165) is 28.8 Å². The average molecular weight is 207 g/mol. The molecular formula is C10H9NO2S. The number of ether oxygens (including phenoxy) is 1. The predicted molar refractivity (Wildman–Crippen MR) is 55.8 cm³/mol. The highest BCUT2D eigenvalue weighted by Gasteiger charge is 2.15. The van der Waals surface area contributed by atoms with Gasteiger partial charge in [-0.1, -0.05) is 0 Å². The summed E-state index contributed by atoms with van der Waals surface area (Å²) in [6, 6.07) is 2.03. The molecule has 4 heteroatoms. The maximum atomic E-state index is 11.6. The second-order valence-electron chi connectivity index (χ2n) is 3.38. The first-order chi connectivity index (χ1) is 6.86. The zero-order valence-corrected chi connectivity index (χ0v) is 8.32. The summed E-state index contributed by atoms with van der Waals surface area (Å²) >= 11 is 1.50. The van der Waals surface area contributed by atoms with Gasteiger partial charge < -0.3 is 9.72 Å². The fourth-order valence-electron chi connectivity index (χ4n) is 1.91. The summed E-state index contributed by atoms with van der Waals surface area (Å²) in [7, 11) is 0. The molecule has 14 heavy (non-hydrogen) atoms. The number of hydrogen-bond acceptors (Lipinski definition) is 3. The van der Waals surface area contributed by atoms with Gasteiger partial charge in [-0.15, -0.1) is 11.3 Å². The molecule has 0 unspecified atom stereocenters. The molecule has 0 amide bonds. The van der Waals surface area contributed by atoms with Crippen molar-refractivity contribution in [2.24, 2.45) is 0 Å². The number of nitrogens with one attached hydrogen (secondary N) is 1. The fraction of sp³-hybridized carbons (Fsp3) is 0.300. The summed E-state index contributed by atoms with van der Waals surface area (Å²) in [6.07, 6.45) is 0.902. The summed E-state index contributed by atoms with van der Waals surface area (Å²) in [4.78, 5) is 14.5. The Labute approximate surface area is 84.3 Å². The Morgan fingerprint density at radius 2 is 2.43 bits per heavy atom. The van der Waals surface area contributed by atoms with Gasteiger partial charge in [-0.3, -0.25) is 4.79 Å². The number of aromatic amines is 1. The molecule has 0 saturated heterocycles. The number of rotatable bonds is 0.